The molecule has 0 fully saturated rings. The lowest BCUT2D eigenvalue weighted by molar-refractivity contribution is -0.122. The zero-order valence-corrected chi connectivity index (χ0v) is 13.8. The van der Waals surface area contributed by atoms with Crippen LogP contribution in [0.5, 0.6) is 0 Å². The highest BCUT2D eigenvalue weighted by Crippen LogP contribution is 2.18. The maximum Gasteiger partial charge on any atom is 0.269 e. The molecule has 0 aliphatic heterocycles. The molecule has 7 nitrogen and oxygen atoms in total. The van der Waals surface area contributed by atoms with Crippen molar-refractivity contribution in [1.82, 2.24) is 14.9 Å². The predicted octanol–water partition coefficient (Wildman–Crippen LogP) is 1.62. The second-order valence-electron chi connectivity index (χ2n) is 5.91. The minimum atomic E-state index is -0.797. The van der Waals surface area contributed by atoms with Crippen molar-refractivity contribution in [3.63, 3.8) is 0 Å². The lowest BCUT2D eigenvalue weighted by atomic mass is 10.1. The van der Waals surface area contributed by atoms with Gasteiger partial charge in [0.15, 0.2) is 0 Å². The van der Waals surface area contributed by atoms with Crippen LogP contribution in [0.3, 0.4) is 0 Å². The molecule has 2 unspecified atom stereocenters. The number of furan rings is 1. The van der Waals surface area contributed by atoms with Gasteiger partial charge < -0.3 is 14.8 Å². The zero-order valence-electron chi connectivity index (χ0n) is 13.8. The number of hydrogen-bond acceptors (Lipinski definition) is 5. The number of fused-ring (bicyclic) bond motifs is 1. The van der Waals surface area contributed by atoms with Crippen molar-refractivity contribution in [1.29, 1.82) is 0 Å². The monoisotopic (exact) mass is 341 g/mol. The van der Waals surface area contributed by atoms with Crippen LogP contribution in [0.1, 0.15) is 25.2 Å². The van der Waals surface area contributed by atoms with E-state index in [2.05, 4.69) is 10.3 Å². The van der Waals surface area contributed by atoms with Crippen LogP contribution < -0.4 is 10.9 Å². The van der Waals surface area contributed by atoms with Crippen LogP contribution in [0.15, 0.2) is 58.1 Å². The normalized spacial score (nSPS) is 13.5. The van der Waals surface area contributed by atoms with Gasteiger partial charge in [-0.2, -0.15) is 0 Å². The summed E-state index contributed by atoms with van der Waals surface area (Å²) in [7, 11) is 0. The third-order valence-electron chi connectivity index (χ3n) is 3.91. The van der Waals surface area contributed by atoms with E-state index in [-0.39, 0.29) is 24.1 Å². The number of nitrogens with zero attached hydrogens (tertiary/aromatic N) is 2. The molecule has 3 rings (SSSR count). The summed E-state index contributed by atoms with van der Waals surface area (Å²) >= 11 is 0. The quantitative estimate of drug-likeness (QED) is 0.710. The van der Waals surface area contributed by atoms with Gasteiger partial charge in [0, 0.05) is 12.5 Å². The predicted molar refractivity (Wildman–Crippen MR) is 91.9 cm³/mol. The van der Waals surface area contributed by atoms with E-state index in [0.717, 1.165) is 0 Å². The molecule has 0 spiro atoms. The van der Waals surface area contributed by atoms with Crippen molar-refractivity contribution in [3.05, 3.63) is 65.0 Å². The highest BCUT2D eigenvalue weighted by atomic mass is 16.4. The van der Waals surface area contributed by atoms with Gasteiger partial charge in [-0.1, -0.05) is 12.1 Å². The fourth-order valence-corrected chi connectivity index (χ4v) is 2.73. The van der Waals surface area contributed by atoms with Gasteiger partial charge in [0.05, 0.1) is 23.5 Å². The maximum atomic E-state index is 12.3. The highest BCUT2D eigenvalue weighted by Gasteiger charge is 2.17. The molecule has 3 aromatic rings. The number of nitrogens with one attached hydrogen (secondary N) is 1. The maximum absolute atomic E-state index is 12.3. The van der Waals surface area contributed by atoms with Crippen LogP contribution in [0.4, 0.5) is 0 Å². The molecule has 0 aliphatic carbocycles. The van der Waals surface area contributed by atoms with Crippen molar-refractivity contribution in [2.75, 3.05) is 0 Å². The number of carbonyl (C=O) groups excluding carboxylic acids is 1. The molecular formula is C18H19N3O4. The third kappa shape index (κ3) is 3.95. The summed E-state index contributed by atoms with van der Waals surface area (Å²) in [5, 5.41) is 12.9. The third-order valence-corrected chi connectivity index (χ3v) is 3.91. The standard InChI is InChI=1S/C18H19N3O4/c1-12(9-15(22)16-7-4-8-25-16)20-17(23)11-21-14-6-3-2-5-13(14)19-10-18(21)24/h2-8,10,12,15,22H,9,11H2,1H3,(H,20,23). The van der Waals surface area contributed by atoms with Crippen LogP contribution in [-0.2, 0) is 11.3 Å². The Bertz CT molecular complexity index is 917. The molecule has 1 aromatic carbocycles. The molecule has 2 aromatic heterocycles. The fraction of sp³-hybridized carbons (Fsp3) is 0.278. The summed E-state index contributed by atoms with van der Waals surface area (Å²) in [5.74, 6) is 0.148. The summed E-state index contributed by atoms with van der Waals surface area (Å²) in [4.78, 5) is 28.4. The second kappa shape index (κ2) is 7.31. The molecular weight excluding hydrogens is 322 g/mol. The zero-order chi connectivity index (χ0) is 17.8. The molecule has 0 aliphatic rings. The number of hydrogen-bond donors (Lipinski definition) is 2. The number of rotatable bonds is 6. The first kappa shape index (κ1) is 16.9. The lowest BCUT2D eigenvalue weighted by Gasteiger charge is -2.17. The first-order valence-corrected chi connectivity index (χ1v) is 8.00. The van der Waals surface area contributed by atoms with E-state index < -0.39 is 6.10 Å². The fourth-order valence-electron chi connectivity index (χ4n) is 2.73. The second-order valence-corrected chi connectivity index (χ2v) is 5.91. The van der Waals surface area contributed by atoms with Crippen molar-refractivity contribution >= 4 is 16.9 Å². The van der Waals surface area contributed by atoms with Gasteiger partial charge in [-0.15, -0.1) is 0 Å². The van der Waals surface area contributed by atoms with Gasteiger partial charge in [0.2, 0.25) is 5.91 Å². The van der Waals surface area contributed by atoms with Crippen molar-refractivity contribution in [2.45, 2.75) is 32.0 Å². The smallest absolute Gasteiger partial charge is 0.269 e. The van der Waals surface area contributed by atoms with Crippen LogP contribution in [0.2, 0.25) is 0 Å². The molecule has 7 heteroatoms. The molecule has 2 heterocycles. The molecule has 130 valence electrons. The molecule has 2 N–H and O–H groups in total. The lowest BCUT2D eigenvalue weighted by Crippen LogP contribution is -2.38. The Morgan fingerprint density at radius 1 is 1.32 bits per heavy atom. The molecule has 0 bridgehead atoms. The average molecular weight is 341 g/mol. The van der Waals surface area contributed by atoms with E-state index in [1.807, 2.05) is 6.07 Å². The van der Waals surface area contributed by atoms with E-state index in [4.69, 9.17) is 4.42 Å². The largest absolute Gasteiger partial charge is 0.467 e. The van der Waals surface area contributed by atoms with Gasteiger partial charge in [-0.25, -0.2) is 4.98 Å². The van der Waals surface area contributed by atoms with Crippen LogP contribution in [0.25, 0.3) is 11.0 Å². The van der Waals surface area contributed by atoms with E-state index in [9.17, 15) is 14.7 Å². The van der Waals surface area contributed by atoms with Crippen molar-refractivity contribution in [3.8, 4) is 0 Å². The number of amides is 1. The van der Waals surface area contributed by atoms with Gasteiger partial charge in [-0.05, 0) is 31.2 Å². The van der Waals surface area contributed by atoms with E-state index >= 15 is 0 Å². The summed E-state index contributed by atoms with van der Waals surface area (Å²) < 4.78 is 6.53. The summed E-state index contributed by atoms with van der Waals surface area (Å²) in [6.45, 7) is 1.68. The molecule has 0 saturated carbocycles. The van der Waals surface area contributed by atoms with Crippen LogP contribution in [-0.4, -0.2) is 26.6 Å². The van der Waals surface area contributed by atoms with E-state index in [1.54, 1.807) is 37.3 Å². The molecule has 1 amide bonds. The first-order valence-electron chi connectivity index (χ1n) is 8.00. The number of carbonyl (C=O) groups is 1. The Balaban J connectivity index is 1.67. The van der Waals surface area contributed by atoms with Gasteiger partial charge in [0.25, 0.3) is 5.56 Å². The number of aliphatic hydroxyl groups excluding tert-OH is 1. The Kier molecular flexibility index (Phi) is 4.95. The Hall–Kier alpha value is -2.93. The molecule has 25 heavy (non-hydrogen) atoms. The Labute approximate surface area is 143 Å². The van der Waals surface area contributed by atoms with Crippen molar-refractivity contribution in [2.24, 2.45) is 0 Å². The van der Waals surface area contributed by atoms with Gasteiger partial charge in [-0.3, -0.25) is 14.2 Å². The topological polar surface area (TPSA) is 97.4 Å². The number of benzene rings is 1. The van der Waals surface area contributed by atoms with Crippen LogP contribution >= 0.6 is 0 Å². The Morgan fingerprint density at radius 2 is 2.12 bits per heavy atom. The number of aromatic nitrogens is 2. The van der Waals surface area contributed by atoms with Gasteiger partial charge >= 0.3 is 0 Å². The van der Waals surface area contributed by atoms with Crippen LogP contribution in [0, 0.1) is 0 Å². The minimum Gasteiger partial charge on any atom is -0.467 e. The number of aliphatic hydroxyl groups is 1. The summed E-state index contributed by atoms with van der Waals surface area (Å²) in [6.07, 6.45) is 2.21. The van der Waals surface area contributed by atoms with Crippen molar-refractivity contribution < 1.29 is 14.3 Å². The SMILES string of the molecule is CC(CC(O)c1ccco1)NC(=O)Cn1c(=O)cnc2ccccc21. The average Bonchev–Trinajstić information content (AvgIpc) is 3.12. The van der Waals surface area contributed by atoms with E-state index in [0.29, 0.717) is 23.2 Å². The number of para-hydroxylation sites is 2. The summed E-state index contributed by atoms with van der Waals surface area (Å²) in [5.41, 5.74) is 0.918. The Morgan fingerprint density at radius 3 is 2.88 bits per heavy atom. The first-order chi connectivity index (χ1) is 12.0. The highest BCUT2D eigenvalue weighted by molar-refractivity contribution is 5.80. The summed E-state index contributed by atoms with van der Waals surface area (Å²) in [6, 6.07) is 10.2. The van der Waals surface area contributed by atoms with E-state index in [1.165, 1.54) is 17.0 Å². The molecule has 0 saturated heterocycles. The minimum absolute atomic E-state index is 0.108. The molecule has 2 atom stereocenters. The van der Waals surface area contributed by atoms with Gasteiger partial charge in [0.1, 0.15) is 18.4 Å². The molecule has 0 radical (unpaired) electrons.